The second-order valence-electron chi connectivity index (χ2n) is 6.50. The number of rotatable bonds is 4. The van der Waals surface area contributed by atoms with Crippen LogP contribution >= 0.6 is 0 Å². The molecule has 2 atom stereocenters. The van der Waals surface area contributed by atoms with Gasteiger partial charge in [-0.25, -0.2) is 0 Å². The Balaban J connectivity index is 1.96. The topological polar surface area (TPSA) is 46.5 Å². The number of esters is 1. The highest BCUT2D eigenvalue weighted by atomic mass is 16.5. The SMILES string of the molecule is C/C=C(/CO)C1C(C(=O)OC2CCCCC2)C1(C)C. The van der Waals surface area contributed by atoms with Crippen LogP contribution in [0.1, 0.15) is 52.9 Å². The summed E-state index contributed by atoms with van der Waals surface area (Å²) >= 11 is 0. The van der Waals surface area contributed by atoms with Gasteiger partial charge in [0.05, 0.1) is 12.5 Å². The lowest BCUT2D eigenvalue weighted by Crippen LogP contribution is -2.23. The first-order chi connectivity index (χ1) is 9.02. The Bertz CT molecular complexity index is 364. The van der Waals surface area contributed by atoms with E-state index in [2.05, 4.69) is 13.8 Å². The molecular formula is C16H26O3. The molecule has 19 heavy (non-hydrogen) atoms. The van der Waals surface area contributed by atoms with Crippen LogP contribution in [0.15, 0.2) is 11.6 Å². The van der Waals surface area contributed by atoms with Gasteiger partial charge in [0, 0.05) is 5.92 Å². The molecule has 0 bridgehead atoms. The molecule has 2 unspecified atom stereocenters. The maximum atomic E-state index is 12.3. The standard InChI is InChI=1S/C16H26O3/c1-4-11(10-17)13-14(16(13,2)3)15(18)19-12-8-6-5-7-9-12/h4,12-14,17H,5-10H2,1-3H3/b11-4-. The zero-order valence-corrected chi connectivity index (χ0v) is 12.3. The molecule has 0 spiro atoms. The largest absolute Gasteiger partial charge is 0.462 e. The predicted molar refractivity (Wildman–Crippen MR) is 74.6 cm³/mol. The Morgan fingerprint density at radius 2 is 1.89 bits per heavy atom. The van der Waals surface area contributed by atoms with Crippen LogP contribution in [-0.4, -0.2) is 23.8 Å². The molecule has 2 aliphatic carbocycles. The van der Waals surface area contributed by atoms with Crippen LogP contribution in [0.4, 0.5) is 0 Å². The fourth-order valence-corrected chi connectivity index (χ4v) is 3.56. The van der Waals surface area contributed by atoms with E-state index in [0.29, 0.717) is 0 Å². The summed E-state index contributed by atoms with van der Waals surface area (Å²) < 4.78 is 5.67. The molecule has 2 aliphatic rings. The van der Waals surface area contributed by atoms with E-state index in [1.807, 2.05) is 13.0 Å². The molecule has 2 fully saturated rings. The first kappa shape index (κ1) is 14.6. The van der Waals surface area contributed by atoms with Crippen molar-refractivity contribution in [3.05, 3.63) is 11.6 Å². The smallest absolute Gasteiger partial charge is 0.310 e. The highest BCUT2D eigenvalue weighted by Crippen LogP contribution is 2.62. The number of aliphatic hydroxyl groups excluding tert-OH is 1. The third kappa shape index (κ3) is 2.86. The summed E-state index contributed by atoms with van der Waals surface area (Å²) in [6.07, 6.45) is 7.69. The summed E-state index contributed by atoms with van der Waals surface area (Å²) in [5.41, 5.74) is 0.895. The zero-order chi connectivity index (χ0) is 14.0. The van der Waals surface area contributed by atoms with Crippen LogP contribution in [0.5, 0.6) is 0 Å². The summed E-state index contributed by atoms with van der Waals surface area (Å²) in [5, 5.41) is 9.37. The summed E-state index contributed by atoms with van der Waals surface area (Å²) in [4.78, 5) is 12.3. The number of carbonyl (C=O) groups is 1. The maximum absolute atomic E-state index is 12.3. The molecule has 3 heteroatoms. The third-order valence-electron chi connectivity index (χ3n) is 4.87. The lowest BCUT2D eigenvalue weighted by atomic mass is 9.98. The molecule has 0 amide bonds. The van der Waals surface area contributed by atoms with Gasteiger partial charge in [-0.3, -0.25) is 4.79 Å². The van der Waals surface area contributed by atoms with Gasteiger partial charge in [-0.1, -0.05) is 26.3 Å². The molecule has 0 aliphatic heterocycles. The first-order valence-corrected chi connectivity index (χ1v) is 7.48. The van der Waals surface area contributed by atoms with Crippen molar-refractivity contribution in [2.75, 3.05) is 6.61 Å². The van der Waals surface area contributed by atoms with Crippen LogP contribution < -0.4 is 0 Å². The molecule has 0 aromatic carbocycles. The van der Waals surface area contributed by atoms with Crippen LogP contribution in [0.25, 0.3) is 0 Å². The number of allylic oxidation sites excluding steroid dienone is 1. The average molecular weight is 266 g/mol. The normalized spacial score (nSPS) is 31.1. The van der Waals surface area contributed by atoms with E-state index in [-0.39, 0.29) is 35.9 Å². The maximum Gasteiger partial charge on any atom is 0.310 e. The number of carbonyl (C=O) groups excluding carboxylic acids is 1. The summed E-state index contributed by atoms with van der Waals surface area (Å²) in [5.74, 6) is 0.0149. The summed E-state index contributed by atoms with van der Waals surface area (Å²) in [7, 11) is 0. The van der Waals surface area contributed by atoms with Crippen molar-refractivity contribution in [1.29, 1.82) is 0 Å². The molecule has 1 N–H and O–H groups in total. The quantitative estimate of drug-likeness (QED) is 0.628. The van der Waals surface area contributed by atoms with Gasteiger partial charge in [-0.2, -0.15) is 0 Å². The molecule has 0 heterocycles. The number of ether oxygens (including phenoxy) is 1. The Morgan fingerprint density at radius 3 is 2.42 bits per heavy atom. The van der Waals surface area contributed by atoms with E-state index < -0.39 is 0 Å². The Kier molecular flexibility index (Phi) is 4.34. The molecule has 0 radical (unpaired) electrons. The Labute approximate surface area is 116 Å². The zero-order valence-electron chi connectivity index (χ0n) is 12.3. The Hall–Kier alpha value is -0.830. The van der Waals surface area contributed by atoms with E-state index in [1.165, 1.54) is 19.3 Å². The average Bonchev–Trinajstić information content (AvgIpc) is 2.95. The second-order valence-corrected chi connectivity index (χ2v) is 6.50. The third-order valence-corrected chi connectivity index (χ3v) is 4.87. The van der Waals surface area contributed by atoms with Crippen molar-refractivity contribution >= 4 is 5.97 Å². The van der Waals surface area contributed by atoms with Crippen LogP contribution in [-0.2, 0) is 9.53 Å². The van der Waals surface area contributed by atoms with Crippen LogP contribution in [0.2, 0.25) is 0 Å². The van der Waals surface area contributed by atoms with Crippen molar-refractivity contribution in [2.24, 2.45) is 17.3 Å². The van der Waals surface area contributed by atoms with Gasteiger partial charge in [0.1, 0.15) is 6.10 Å². The van der Waals surface area contributed by atoms with Gasteiger partial charge in [-0.15, -0.1) is 0 Å². The number of hydrogen-bond acceptors (Lipinski definition) is 3. The number of aliphatic hydroxyl groups is 1. The van der Waals surface area contributed by atoms with Gasteiger partial charge in [0.2, 0.25) is 0 Å². The highest BCUT2D eigenvalue weighted by Gasteiger charge is 2.63. The molecule has 0 aromatic heterocycles. The van der Waals surface area contributed by atoms with Gasteiger partial charge >= 0.3 is 5.97 Å². The van der Waals surface area contributed by atoms with Crippen molar-refractivity contribution in [2.45, 2.75) is 59.0 Å². The minimum atomic E-state index is -0.0761. The molecule has 2 rings (SSSR count). The summed E-state index contributed by atoms with van der Waals surface area (Å²) in [6, 6.07) is 0. The fraction of sp³-hybridized carbons (Fsp3) is 0.812. The number of hydrogen-bond donors (Lipinski definition) is 1. The monoisotopic (exact) mass is 266 g/mol. The van der Waals surface area contributed by atoms with E-state index >= 15 is 0 Å². The van der Waals surface area contributed by atoms with Crippen molar-refractivity contribution in [3.63, 3.8) is 0 Å². The summed E-state index contributed by atoms with van der Waals surface area (Å²) in [6.45, 7) is 6.13. The van der Waals surface area contributed by atoms with Gasteiger partial charge in [-0.05, 0) is 43.6 Å². The minimum absolute atomic E-state index is 0.0395. The van der Waals surface area contributed by atoms with Crippen LogP contribution in [0.3, 0.4) is 0 Å². The van der Waals surface area contributed by atoms with Crippen LogP contribution in [0, 0.1) is 17.3 Å². The van der Waals surface area contributed by atoms with Crippen molar-refractivity contribution in [3.8, 4) is 0 Å². The lowest BCUT2D eigenvalue weighted by molar-refractivity contribution is -0.153. The molecule has 0 saturated heterocycles. The highest BCUT2D eigenvalue weighted by molar-refractivity contribution is 5.79. The lowest BCUT2D eigenvalue weighted by Gasteiger charge is -2.22. The molecule has 0 aromatic rings. The van der Waals surface area contributed by atoms with Gasteiger partial charge in [0.25, 0.3) is 0 Å². The molecular weight excluding hydrogens is 240 g/mol. The van der Waals surface area contributed by atoms with Crippen molar-refractivity contribution in [1.82, 2.24) is 0 Å². The van der Waals surface area contributed by atoms with E-state index in [9.17, 15) is 9.90 Å². The van der Waals surface area contributed by atoms with Gasteiger partial charge < -0.3 is 9.84 Å². The molecule has 2 saturated carbocycles. The minimum Gasteiger partial charge on any atom is -0.462 e. The van der Waals surface area contributed by atoms with Crippen molar-refractivity contribution < 1.29 is 14.6 Å². The predicted octanol–water partition coefficient (Wildman–Crippen LogP) is 3.07. The second kappa shape index (κ2) is 5.66. The Morgan fingerprint density at radius 1 is 1.26 bits per heavy atom. The van der Waals surface area contributed by atoms with E-state index in [4.69, 9.17) is 4.74 Å². The van der Waals surface area contributed by atoms with Gasteiger partial charge in [0.15, 0.2) is 0 Å². The first-order valence-electron chi connectivity index (χ1n) is 7.48. The molecule has 3 nitrogen and oxygen atoms in total. The van der Waals surface area contributed by atoms with E-state index in [1.54, 1.807) is 0 Å². The molecule has 108 valence electrons. The fourth-order valence-electron chi connectivity index (χ4n) is 3.56. The van der Waals surface area contributed by atoms with E-state index in [0.717, 1.165) is 18.4 Å².